The van der Waals surface area contributed by atoms with Gasteiger partial charge in [-0.3, -0.25) is 14.1 Å². The maximum absolute atomic E-state index is 12.4. The van der Waals surface area contributed by atoms with E-state index in [1.165, 1.54) is 0 Å². The number of pyridine rings is 1. The number of imidazole rings is 1. The Bertz CT molecular complexity index is 862. The van der Waals surface area contributed by atoms with E-state index in [1.807, 2.05) is 43.3 Å². The van der Waals surface area contributed by atoms with Crippen molar-refractivity contribution in [1.82, 2.24) is 14.1 Å². The monoisotopic (exact) mass is 283 g/mol. The van der Waals surface area contributed by atoms with Crippen LogP contribution in [0.3, 0.4) is 0 Å². The molecule has 0 saturated carbocycles. The average molecular weight is 283 g/mol. The highest BCUT2D eigenvalue weighted by Gasteiger charge is 2.11. The summed E-state index contributed by atoms with van der Waals surface area (Å²) in [6.07, 6.45) is 0. The fraction of sp³-hybridized carbons (Fsp3) is 0.250. The minimum Gasteiger partial charge on any atom is -0.497 e. The Kier molecular flexibility index (Phi) is 3.25. The molecule has 108 valence electrons. The Hall–Kier alpha value is -2.56. The number of rotatable bonds is 3. The number of fused-ring (bicyclic) bond motifs is 1. The molecule has 3 aromatic rings. The Morgan fingerprint density at radius 3 is 2.62 bits per heavy atom. The normalized spacial score (nSPS) is 11.0. The van der Waals surface area contributed by atoms with Gasteiger partial charge in [-0.2, -0.15) is 0 Å². The van der Waals surface area contributed by atoms with Crippen molar-refractivity contribution in [1.29, 1.82) is 0 Å². The number of aromatic nitrogens is 3. The van der Waals surface area contributed by atoms with Crippen LogP contribution in [0.1, 0.15) is 11.4 Å². The summed E-state index contributed by atoms with van der Waals surface area (Å²) in [5, 5.41) is 0. The molecule has 1 aromatic carbocycles. The van der Waals surface area contributed by atoms with E-state index in [4.69, 9.17) is 4.74 Å². The summed E-state index contributed by atoms with van der Waals surface area (Å²) in [5.41, 5.74) is 3.47. The molecular formula is C16H17N3O2. The molecule has 2 heterocycles. The summed E-state index contributed by atoms with van der Waals surface area (Å²) in [7, 11) is 3.41. The van der Waals surface area contributed by atoms with Gasteiger partial charge >= 0.3 is 5.69 Å². The third-order valence-electron chi connectivity index (χ3n) is 3.59. The van der Waals surface area contributed by atoms with Crippen molar-refractivity contribution >= 4 is 11.0 Å². The fourth-order valence-corrected chi connectivity index (χ4v) is 2.58. The van der Waals surface area contributed by atoms with Crippen molar-refractivity contribution < 1.29 is 4.74 Å². The molecule has 0 amide bonds. The van der Waals surface area contributed by atoms with Gasteiger partial charge in [-0.1, -0.05) is 12.1 Å². The molecule has 0 unspecified atom stereocenters. The second-order valence-electron chi connectivity index (χ2n) is 5.06. The predicted molar refractivity (Wildman–Crippen MR) is 81.8 cm³/mol. The molecular weight excluding hydrogens is 266 g/mol. The van der Waals surface area contributed by atoms with Crippen molar-refractivity contribution in [3.63, 3.8) is 0 Å². The lowest BCUT2D eigenvalue weighted by molar-refractivity contribution is 0.413. The van der Waals surface area contributed by atoms with Crippen LogP contribution in [0, 0.1) is 6.92 Å². The number of para-hydroxylation sites is 2. The molecule has 3 rings (SSSR count). The minimum absolute atomic E-state index is 0.0431. The van der Waals surface area contributed by atoms with Crippen LogP contribution >= 0.6 is 0 Å². The van der Waals surface area contributed by atoms with Crippen LogP contribution < -0.4 is 10.4 Å². The summed E-state index contributed by atoms with van der Waals surface area (Å²) >= 11 is 0. The maximum Gasteiger partial charge on any atom is 0.329 e. The van der Waals surface area contributed by atoms with E-state index in [-0.39, 0.29) is 5.69 Å². The molecule has 0 aliphatic heterocycles. The highest BCUT2D eigenvalue weighted by Crippen LogP contribution is 2.16. The smallest absolute Gasteiger partial charge is 0.329 e. The molecule has 0 bridgehead atoms. The van der Waals surface area contributed by atoms with E-state index in [2.05, 4.69) is 4.98 Å². The van der Waals surface area contributed by atoms with Crippen LogP contribution in [-0.4, -0.2) is 21.2 Å². The number of methoxy groups -OCH3 is 1. The summed E-state index contributed by atoms with van der Waals surface area (Å²) in [6, 6.07) is 11.5. The Balaban J connectivity index is 2.12. The van der Waals surface area contributed by atoms with Crippen molar-refractivity contribution in [3.8, 4) is 5.75 Å². The van der Waals surface area contributed by atoms with Gasteiger partial charge in [-0.25, -0.2) is 4.79 Å². The van der Waals surface area contributed by atoms with Gasteiger partial charge in [0.1, 0.15) is 5.75 Å². The first-order valence-corrected chi connectivity index (χ1v) is 6.76. The number of hydrogen-bond acceptors (Lipinski definition) is 3. The van der Waals surface area contributed by atoms with Crippen LogP contribution in [-0.2, 0) is 13.6 Å². The largest absolute Gasteiger partial charge is 0.497 e. The molecule has 2 aromatic heterocycles. The third kappa shape index (κ3) is 2.31. The van der Waals surface area contributed by atoms with Gasteiger partial charge in [-0.15, -0.1) is 0 Å². The van der Waals surface area contributed by atoms with E-state index in [0.717, 1.165) is 28.2 Å². The van der Waals surface area contributed by atoms with Crippen molar-refractivity contribution in [2.75, 3.05) is 7.11 Å². The van der Waals surface area contributed by atoms with Gasteiger partial charge < -0.3 is 4.74 Å². The first-order chi connectivity index (χ1) is 10.1. The summed E-state index contributed by atoms with van der Waals surface area (Å²) in [6.45, 7) is 2.34. The van der Waals surface area contributed by atoms with Gasteiger partial charge in [0.25, 0.3) is 0 Å². The molecule has 0 spiro atoms. The van der Waals surface area contributed by atoms with Gasteiger partial charge in [0.2, 0.25) is 0 Å². The number of ether oxygens (including phenoxy) is 1. The molecule has 21 heavy (non-hydrogen) atoms. The van der Waals surface area contributed by atoms with Crippen LogP contribution in [0.4, 0.5) is 0 Å². The van der Waals surface area contributed by atoms with Gasteiger partial charge in [0.15, 0.2) is 0 Å². The van der Waals surface area contributed by atoms with Crippen LogP contribution in [0.2, 0.25) is 0 Å². The highest BCUT2D eigenvalue weighted by atomic mass is 16.5. The first-order valence-electron chi connectivity index (χ1n) is 6.76. The second kappa shape index (κ2) is 5.09. The molecule has 0 aliphatic carbocycles. The van der Waals surface area contributed by atoms with E-state index < -0.39 is 0 Å². The molecule has 0 atom stereocenters. The van der Waals surface area contributed by atoms with Crippen molar-refractivity contribution in [2.45, 2.75) is 13.5 Å². The lowest BCUT2D eigenvalue weighted by Gasteiger charge is -2.07. The molecule has 5 nitrogen and oxygen atoms in total. The molecule has 0 radical (unpaired) electrons. The number of aryl methyl sites for hydroxylation is 2. The zero-order valence-electron chi connectivity index (χ0n) is 12.3. The molecule has 0 saturated heterocycles. The average Bonchev–Trinajstić information content (AvgIpc) is 2.72. The molecule has 5 heteroatoms. The standard InChI is InChI=1S/C16H17N3O2/c1-11-8-13(21-3)9-12(17-11)10-19-15-7-5-4-6-14(15)18(2)16(19)20/h4-9H,10H2,1-3H3. The lowest BCUT2D eigenvalue weighted by Crippen LogP contribution is -2.23. The quantitative estimate of drug-likeness (QED) is 0.739. The van der Waals surface area contributed by atoms with Crippen LogP contribution in [0.15, 0.2) is 41.2 Å². The molecule has 0 N–H and O–H groups in total. The number of nitrogens with zero attached hydrogens (tertiary/aromatic N) is 3. The maximum atomic E-state index is 12.4. The van der Waals surface area contributed by atoms with E-state index in [9.17, 15) is 4.79 Å². The van der Waals surface area contributed by atoms with Crippen molar-refractivity contribution in [3.05, 3.63) is 58.3 Å². The third-order valence-corrected chi connectivity index (χ3v) is 3.59. The molecule has 0 aliphatic rings. The zero-order chi connectivity index (χ0) is 15.0. The van der Waals surface area contributed by atoms with E-state index >= 15 is 0 Å². The number of hydrogen-bond donors (Lipinski definition) is 0. The Morgan fingerprint density at radius 2 is 1.90 bits per heavy atom. The zero-order valence-corrected chi connectivity index (χ0v) is 12.3. The van der Waals surface area contributed by atoms with Gasteiger partial charge in [0, 0.05) is 24.9 Å². The molecule has 0 fully saturated rings. The van der Waals surface area contributed by atoms with Crippen LogP contribution in [0.25, 0.3) is 11.0 Å². The number of benzene rings is 1. The van der Waals surface area contributed by atoms with Gasteiger partial charge in [0.05, 0.1) is 30.4 Å². The first kappa shape index (κ1) is 13.4. The Labute approximate surface area is 122 Å². The van der Waals surface area contributed by atoms with Crippen LogP contribution in [0.5, 0.6) is 5.75 Å². The van der Waals surface area contributed by atoms with E-state index in [1.54, 1.807) is 23.3 Å². The Morgan fingerprint density at radius 1 is 1.19 bits per heavy atom. The van der Waals surface area contributed by atoms with Crippen molar-refractivity contribution in [2.24, 2.45) is 7.05 Å². The minimum atomic E-state index is -0.0431. The lowest BCUT2D eigenvalue weighted by atomic mass is 10.2. The fourth-order valence-electron chi connectivity index (χ4n) is 2.58. The van der Waals surface area contributed by atoms with E-state index in [0.29, 0.717) is 6.54 Å². The summed E-state index contributed by atoms with van der Waals surface area (Å²) in [4.78, 5) is 16.9. The summed E-state index contributed by atoms with van der Waals surface area (Å²) < 4.78 is 8.65. The summed E-state index contributed by atoms with van der Waals surface area (Å²) in [5.74, 6) is 0.755. The predicted octanol–water partition coefficient (Wildman–Crippen LogP) is 2.10. The SMILES string of the molecule is COc1cc(C)nc(Cn2c(=O)n(C)c3ccccc32)c1. The highest BCUT2D eigenvalue weighted by molar-refractivity contribution is 5.75. The van der Waals surface area contributed by atoms with Gasteiger partial charge in [-0.05, 0) is 19.1 Å². The second-order valence-corrected chi connectivity index (χ2v) is 5.06. The topological polar surface area (TPSA) is 49.1 Å².